The van der Waals surface area contributed by atoms with Crippen molar-refractivity contribution >= 4 is 55.7 Å². The zero-order valence-corrected chi connectivity index (χ0v) is 25.5. The molecule has 44 heavy (non-hydrogen) atoms. The van der Waals surface area contributed by atoms with E-state index in [1.54, 1.807) is 45.8 Å². The number of pyridine rings is 1. The van der Waals surface area contributed by atoms with Crippen molar-refractivity contribution in [1.29, 1.82) is 0 Å². The molecule has 13 heteroatoms. The largest absolute Gasteiger partial charge is 0.455 e. The lowest BCUT2D eigenvalue weighted by molar-refractivity contribution is 0.0702. The van der Waals surface area contributed by atoms with Gasteiger partial charge in [0.15, 0.2) is 0 Å². The molecule has 0 radical (unpaired) electrons. The number of carbonyl (C=O) groups excluding carboxylic acids is 2. The maximum Gasteiger partial charge on any atom is 0.274 e. The highest BCUT2D eigenvalue weighted by atomic mass is 35.5. The van der Waals surface area contributed by atoms with Crippen molar-refractivity contribution in [3.05, 3.63) is 88.6 Å². The Labute approximate surface area is 257 Å². The molecule has 5 aromatic rings. The number of nitrogens with zero attached hydrogens (tertiary/aromatic N) is 3. The highest BCUT2D eigenvalue weighted by Gasteiger charge is 2.31. The number of hydrogen-bond acceptors (Lipinski definition) is 6. The molecule has 1 fully saturated rings. The zero-order chi connectivity index (χ0) is 31.2. The Morgan fingerprint density at radius 1 is 1.16 bits per heavy atom. The standard InChI is InChI=1S/C31H29ClFN5O5S/c1-3-44(41,42)36-23-15-25-22(28(30(39)34-2)29(43-25)18-9-11-20(33)12-10-18)14-21(23)19-6-5-13-37(16-19)31(40)24-17-38-26(32)7-4-8-27(38)35-24/h4,7-12,14-15,17,19,36H,3,5-6,13,16H2,1-2H3,(H,34,39)/t19-/m0/s1. The number of aromatic nitrogens is 2. The molecule has 1 aliphatic rings. The quantitative estimate of drug-likeness (QED) is 0.221. The number of hydrogen-bond donors (Lipinski definition) is 2. The first-order valence-electron chi connectivity index (χ1n) is 14.1. The van der Waals surface area contributed by atoms with Gasteiger partial charge < -0.3 is 14.6 Å². The molecule has 2 amide bonds. The summed E-state index contributed by atoms with van der Waals surface area (Å²) in [7, 11) is -2.20. The summed E-state index contributed by atoms with van der Waals surface area (Å²) in [4.78, 5) is 32.9. The molecule has 1 aliphatic heterocycles. The zero-order valence-electron chi connectivity index (χ0n) is 23.9. The Kier molecular flexibility index (Phi) is 7.80. The van der Waals surface area contributed by atoms with Gasteiger partial charge >= 0.3 is 0 Å². The summed E-state index contributed by atoms with van der Waals surface area (Å²) in [5.41, 5.74) is 2.75. The smallest absolute Gasteiger partial charge is 0.274 e. The lowest BCUT2D eigenvalue weighted by atomic mass is 9.88. The summed E-state index contributed by atoms with van der Waals surface area (Å²) in [6.07, 6.45) is 2.94. The maximum absolute atomic E-state index is 13.7. The van der Waals surface area contributed by atoms with Crippen molar-refractivity contribution in [3.63, 3.8) is 0 Å². The molecule has 3 aromatic heterocycles. The Bertz CT molecular complexity index is 2020. The second-order valence-corrected chi connectivity index (χ2v) is 13.0. The second kappa shape index (κ2) is 11.6. The van der Waals surface area contributed by atoms with Crippen LogP contribution in [0.5, 0.6) is 0 Å². The average molecular weight is 638 g/mol. The summed E-state index contributed by atoms with van der Waals surface area (Å²) in [6, 6.07) is 14.1. The Balaban J connectivity index is 1.44. The molecule has 0 unspecified atom stereocenters. The highest BCUT2D eigenvalue weighted by Crippen LogP contribution is 2.41. The van der Waals surface area contributed by atoms with Crippen LogP contribution in [0.3, 0.4) is 0 Å². The van der Waals surface area contributed by atoms with E-state index in [0.29, 0.717) is 58.9 Å². The van der Waals surface area contributed by atoms with Gasteiger partial charge in [-0.15, -0.1) is 0 Å². The number of piperidine rings is 1. The number of sulfonamides is 1. The molecule has 228 valence electrons. The van der Waals surface area contributed by atoms with Crippen LogP contribution in [0.4, 0.5) is 10.1 Å². The molecule has 0 spiro atoms. The van der Waals surface area contributed by atoms with E-state index < -0.39 is 21.7 Å². The van der Waals surface area contributed by atoms with E-state index >= 15 is 0 Å². The summed E-state index contributed by atoms with van der Waals surface area (Å²) < 4.78 is 49.7. The van der Waals surface area contributed by atoms with Crippen LogP contribution >= 0.6 is 11.6 Å². The third-order valence-electron chi connectivity index (χ3n) is 7.88. The predicted octanol–water partition coefficient (Wildman–Crippen LogP) is 5.68. The van der Waals surface area contributed by atoms with Crippen LogP contribution in [0, 0.1) is 5.82 Å². The van der Waals surface area contributed by atoms with Crippen molar-refractivity contribution in [2.45, 2.75) is 25.7 Å². The number of carbonyl (C=O) groups is 2. The van der Waals surface area contributed by atoms with Crippen molar-refractivity contribution in [1.82, 2.24) is 19.6 Å². The molecule has 0 bridgehead atoms. The van der Waals surface area contributed by atoms with Crippen LogP contribution in [0.1, 0.15) is 52.1 Å². The summed E-state index contributed by atoms with van der Waals surface area (Å²) in [5.74, 6) is -1.31. The van der Waals surface area contributed by atoms with E-state index in [0.717, 1.165) is 0 Å². The number of benzene rings is 2. The predicted molar refractivity (Wildman–Crippen MR) is 166 cm³/mol. The number of amides is 2. The SMILES string of the molecule is CCS(=O)(=O)Nc1cc2oc(-c3ccc(F)cc3)c(C(=O)NC)c2cc1[C@H]1CCCN(C(=O)c2cn3c(Cl)cccc3n2)C1. The molecule has 1 atom stereocenters. The molecular weight excluding hydrogens is 609 g/mol. The summed E-state index contributed by atoms with van der Waals surface area (Å²) in [5, 5.41) is 3.54. The van der Waals surface area contributed by atoms with Crippen LogP contribution in [-0.2, 0) is 10.0 Å². The maximum atomic E-state index is 13.7. The number of rotatable bonds is 7. The van der Waals surface area contributed by atoms with Gasteiger partial charge in [0.25, 0.3) is 11.8 Å². The van der Waals surface area contributed by atoms with Crippen molar-refractivity contribution in [2.24, 2.45) is 0 Å². The fourth-order valence-electron chi connectivity index (χ4n) is 5.64. The number of nitrogens with one attached hydrogen (secondary N) is 2. The van der Waals surface area contributed by atoms with Gasteiger partial charge in [-0.25, -0.2) is 17.8 Å². The minimum Gasteiger partial charge on any atom is -0.455 e. The number of halogens is 2. The number of imidazole rings is 1. The van der Waals surface area contributed by atoms with Gasteiger partial charge in [-0.05, 0) is 67.8 Å². The van der Waals surface area contributed by atoms with E-state index in [1.807, 2.05) is 0 Å². The number of fused-ring (bicyclic) bond motifs is 2. The first-order valence-corrected chi connectivity index (χ1v) is 16.1. The summed E-state index contributed by atoms with van der Waals surface area (Å²) in [6.45, 7) is 2.33. The fourth-order valence-corrected chi connectivity index (χ4v) is 6.50. The minimum atomic E-state index is -3.69. The lowest BCUT2D eigenvalue weighted by Crippen LogP contribution is -2.39. The van der Waals surface area contributed by atoms with Gasteiger partial charge in [-0.1, -0.05) is 17.7 Å². The van der Waals surface area contributed by atoms with Crippen LogP contribution in [0.25, 0.3) is 27.9 Å². The Morgan fingerprint density at radius 3 is 2.64 bits per heavy atom. The van der Waals surface area contributed by atoms with Crippen LogP contribution in [0.15, 0.2) is 65.2 Å². The van der Waals surface area contributed by atoms with Gasteiger partial charge in [0, 0.05) is 49.3 Å². The van der Waals surface area contributed by atoms with E-state index in [2.05, 4.69) is 15.0 Å². The van der Waals surface area contributed by atoms with Gasteiger partial charge in [0.05, 0.1) is 17.0 Å². The first-order chi connectivity index (χ1) is 21.1. The van der Waals surface area contributed by atoms with Crippen LogP contribution in [0.2, 0.25) is 5.15 Å². The monoisotopic (exact) mass is 637 g/mol. The first kappa shape index (κ1) is 29.6. The van der Waals surface area contributed by atoms with E-state index in [1.165, 1.54) is 38.2 Å². The Morgan fingerprint density at radius 2 is 1.93 bits per heavy atom. The van der Waals surface area contributed by atoms with Crippen LogP contribution in [-0.4, -0.2) is 60.4 Å². The van der Waals surface area contributed by atoms with Gasteiger partial charge in [-0.3, -0.25) is 18.7 Å². The van der Waals surface area contributed by atoms with E-state index in [4.69, 9.17) is 16.0 Å². The average Bonchev–Trinajstić information content (AvgIpc) is 3.63. The normalized spacial score (nSPS) is 15.5. The Hall–Kier alpha value is -4.42. The number of furan rings is 1. The molecular formula is C31H29ClFN5O5S. The van der Waals surface area contributed by atoms with Crippen LogP contribution < -0.4 is 10.0 Å². The topological polar surface area (TPSA) is 126 Å². The molecule has 6 rings (SSSR count). The fraction of sp³-hybridized carbons (Fsp3) is 0.258. The third-order valence-corrected chi connectivity index (χ3v) is 9.48. The number of anilines is 1. The molecule has 4 heterocycles. The van der Waals surface area contributed by atoms with Gasteiger partial charge in [-0.2, -0.15) is 0 Å². The van der Waals surface area contributed by atoms with Crippen molar-refractivity contribution < 1.29 is 26.8 Å². The minimum absolute atomic E-state index is 0.154. The van der Waals surface area contributed by atoms with E-state index in [9.17, 15) is 22.4 Å². The second-order valence-electron chi connectivity index (χ2n) is 10.6. The molecule has 1 saturated heterocycles. The van der Waals surface area contributed by atoms with Crippen molar-refractivity contribution in [3.8, 4) is 11.3 Å². The molecule has 2 N–H and O–H groups in total. The molecule has 0 aliphatic carbocycles. The van der Waals surface area contributed by atoms with Crippen molar-refractivity contribution in [2.75, 3.05) is 30.6 Å². The lowest BCUT2D eigenvalue weighted by Gasteiger charge is -2.33. The molecule has 0 saturated carbocycles. The molecule has 10 nitrogen and oxygen atoms in total. The number of likely N-dealkylation sites (tertiary alicyclic amines) is 1. The van der Waals surface area contributed by atoms with Gasteiger partial charge in [0.2, 0.25) is 10.0 Å². The molecule has 2 aromatic carbocycles. The highest BCUT2D eigenvalue weighted by molar-refractivity contribution is 7.92. The van der Waals surface area contributed by atoms with Gasteiger partial charge in [0.1, 0.15) is 33.7 Å². The summed E-state index contributed by atoms with van der Waals surface area (Å²) >= 11 is 6.28. The van der Waals surface area contributed by atoms with E-state index in [-0.39, 0.29) is 40.2 Å². The third kappa shape index (κ3) is 5.50.